The predicted octanol–water partition coefficient (Wildman–Crippen LogP) is 3.27. The third-order valence-electron chi connectivity index (χ3n) is 5.12. The first-order valence-electron chi connectivity index (χ1n) is 7.68. The van der Waals surface area contributed by atoms with Crippen molar-refractivity contribution in [3.05, 3.63) is 47.2 Å². The summed E-state index contributed by atoms with van der Waals surface area (Å²) in [5.74, 6) is 0.842. The molecule has 2 aliphatic heterocycles. The van der Waals surface area contributed by atoms with Gasteiger partial charge in [-0.15, -0.1) is 0 Å². The topological polar surface area (TPSA) is 24.1 Å². The van der Waals surface area contributed by atoms with Crippen LogP contribution in [0, 0.1) is 5.92 Å². The number of rotatable bonds is 1. The summed E-state index contributed by atoms with van der Waals surface area (Å²) in [6, 6.07) is 9.93. The van der Waals surface area contributed by atoms with E-state index in [1.165, 1.54) is 43.2 Å². The fourth-order valence-corrected chi connectivity index (χ4v) is 4.08. The monoisotopic (exact) mass is 254 g/mol. The normalized spacial score (nSPS) is 33.1. The van der Waals surface area contributed by atoms with Gasteiger partial charge in [0.2, 0.25) is 0 Å². The van der Waals surface area contributed by atoms with Crippen LogP contribution < -0.4 is 10.6 Å². The lowest BCUT2D eigenvalue weighted by atomic mass is 9.77. The molecule has 2 heteroatoms. The lowest BCUT2D eigenvalue weighted by Gasteiger charge is -2.37. The molecule has 1 saturated carbocycles. The summed E-state index contributed by atoms with van der Waals surface area (Å²) in [7, 11) is 0. The van der Waals surface area contributed by atoms with Gasteiger partial charge in [0.05, 0.1) is 6.04 Å². The van der Waals surface area contributed by atoms with Gasteiger partial charge >= 0.3 is 0 Å². The summed E-state index contributed by atoms with van der Waals surface area (Å²) in [6.45, 7) is 1.03. The highest BCUT2D eigenvalue weighted by atomic mass is 15.0. The Bertz CT molecular complexity index is 506. The van der Waals surface area contributed by atoms with E-state index >= 15 is 0 Å². The molecule has 0 spiro atoms. The fourth-order valence-electron chi connectivity index (χ4n) is 4.08. The van der Waals surface area contributed by atoms with E-state index in [0.717, 1.165) is 12.5 Å². The van der Waals surface area contributed by atoms with Crippen molar-refractivity contribution in [2.75, 3.05) is 0 Å². The van der Waals surface area contributed by atoms with E-state index in [2.05, 4.69) is 41.1 Å². The van der Waals surface area contributed by atoms with Crippen molar-refractivity contribution in [3.8, 4) is 0 Å². The van der Waals surface area contributed by atoms with Crippen LogP contribution in [0.3, 0.4) is 0 Å². The van der Waals surface area contributed by atoms with Gasteiger partial charge in [-0.3, -0.25) is 0 Å². The zero-order valence-electron chi connectivity index (χ0n) is 11.4. The van der Waals surface area contributed by atoms with E-state index in [0.29, 0.717) is 12.1 Å². The van der Waals surface area contributed by atoms with Crippen molar-refractivity contribution in [2.45, 2.75) is 50.7 Å². The molecular formula is C17H22N2. The Kier molecular flexibility index (Phi) is 2.84. The summed E-state index contributed by atoms with van der Waals surface area (Å²) in [4.78, 5) is 0. The SMILES string of the molecule is C1=C2CCCCC2CC(C2NCc3ccccc32)N1. The van der Waals surface area contributed by atoms with E-state index in [9.17, 15) is 0 Å². The Morgan fingerprint density at radius 3 is 3.05 bits per heavy atom. The molecule has 19 heavy (non-hydrogen) atoms. The highest BCUT2D eigenvalue weighted by Crippen LogP contribution is 2.38. The minimum absolute atomic E-state index is 0.496. The average molecular weight is 254 g/mol. The molecule has 2 nitrogen and oxygen atoms in total. The van der Waals surface area contributed by atoms with Gasteiger partial charge in [-0.2, -0.15) is 0 Å². The number of fused-ring (bicyclic) bond motifs is 2. The second-order valence-electron chi connectivity index (χ2n) is 6.23. The van der Waals surface area contributed by atoms with Crippen molar-refractivity contribution in [1.82, 2.24) is 10.6 Å². The van der Waals surface area contributed by atoms with Crippen molar-refractivity contribution in [1.29, 1.82) is 0 Å². The first kappa shape index (κ1) is 11.5. The molecular weight excluding hydrogens is 232 g/mol. The quantitative estimate of drug-likeness (QED) is 0.804. The van der Waals surface area contributed by atoms with Crippen LogP contribution in [0.25, 0.3) is 0 Å². The van der Waals surface area contributed by atoms with Gasteiger partial charge in [0, 0.05) is 12.6 Å². The number of hydrogen-bond acceptors (Lipinski definition) is 2. The Balaban J connectivity index is 1.57. The predicted molar refractivity (Wildman–Crippen MR) is 77.6 cm³/mol. The molecule has 0 saturated heterocycles. The van der Waals surface area contributed by atoms with E-state index < -0.39 is 0 Å². The van der Waals surface area contributed by atoms with E-state index in [-0.39, 0.29) is 0 Å². The van der Waals surface area contributed by atoms with E-state index in [1.807, 2.05) is 0 Å². The second kappa shape index (κ2) is 4.68. The van der Waals surface area contributed by atoms with Crippen molar-refractivity contribution < 1.29 is 0 Å². The van der Waals surface area contributed by atoms with Gasteiger partial charge in [0.1, 0.15) is 0 Å². The van der Waals surface area contributed by atoms with Crippen LogP contribution in [-0.2, 0) is 6.54 Å². The molecule has 100 valence electrons. The molecule has 0 radical (unpaired) electrons. The third kappa shape index (κ3) is 1.99. The van der Waals surface area contributed by atoms with Gasteiger partial charge in [-0.25, -0.2) is 0 Å². The lowest BCUT2D eigenvalue weighted by Crippen LogP contribution is -2.41. The van der Waals surface area contributed by atoms with Crippen LogP contribution in [0.1, 0.15) is 49.3 Å². The van der Waals surface area contributed by atoms with Crippen molar-refractivity contribution in [2.24, 2.45) is 5.92 Å². The molecule has 3 unspecified atom stereocenters. The molecule has 0 amide bonds. The number of nitrogens with one attached hydrogen (secondary N) is 2. The Labute approximate surface area is 115 Å². The molecule has 2 heterocycles. The first-order chi connectivity index (χ1) is 9.42. The number of hydrogen-bond donors (Lipinski definition) is 2. The number of allylic oxidation sites excluding steroid dienone is 1. The molecule has 4 rings (SSSR count). The minimum atomic E-state index is 0.496. The minimum Gasteiger partial charge on any atom is -0.386 e. The summed E-state index contributed by atoms with van der Waals surface area (Å²) in [5.41, 5.74) is 4.66. The first-order valence-corrected chi connectivity index (χ1v) is 7.68. The van der Waals surface area contributed by atoms with Crippen LogP contribution in [-0.4, -0.2) is 6.04 Å². The van der Waals surface area contributed by atoms with Crippen molar-refractivity contribution in [3.63, 3.8) is 0 Å². The maximum atomic E-state index is 3.70. The Morgan fingerprint density at radius 2 is 2.05 bits per heavy atom. The molecule has 1 aromatic carbocycles. The Morgan fingerprint density at radius 1 is 1.11 bits per heavy atom. The van der Waals surface area contributed by atoms with Crippen LogP contribution in [0.15, 0.2) is 36.0 Å². The summed E-state index contributed by atoms with van der Waals surface area (Å²) in [5, 5.41) is 7.37. The molecule has 0 bridgehead atoms. The summed E-state index contributed by atoms with van der Waals surface area (Å²) < 4.78 is 0. The summed E-state index contributed by atoms with van der Waals surface area (Å²) in [6.07, 6.45) is 9.17. The maximum absolute atomic E-state index is 3.70. The fraction of sp³-hybridized carbons (Fsp3) is 0.529. The molecule has 1 aromatic rings. The van der Waals surface area contributed by atoms with Gasteiger partial charge in [-0.05, 0) is 48.9 Å². The van der Waals surface area contributed by atoms with Crippen LogP contribution >= 0.6 is 0 Å². The van der Waals surface area contributed by atoms with Gasteiger partial charge in [0.15, 0.2) is 0 Å². The van der Waals surface area contributed by atoms with Crippen LogP contribution in [0.5, 0.6) is 0 Å². The molecule has 0 aromatic heterocycles. The molecule has 1 aliphatic carbocycles. The maximum Gasteiger partial charge on any atom is 0.0530 e. The zero-order valence-corrected chi connectivity index (χ0v) is 11.4. The molecule has 3 aliphatic rings. The zero-order chi connectivity index (χ0) is 12.7. The standard InChI is InChI=1S/C17H22N2/c1-2-6-13-10-18-16(9-12(13)5-1)17-15-8-4-3-7-14(15)11-19-17/h3-4,7-8,10,12,16-19H,1-2,5-6,9,11H2. The van der Waals surface area contributed by atoms with E-state index in [4.69, 9.17) is 0 Å². The van der Waals surface area contributed by atoms with E-state index in [1.54, 1.807) is 5.57 Å². The third-order valence-corrected chi connectivity index (χ3v) is 5.12. The molecule has 2 N–H and O–H groups in total. The van der Waals surface area contributed by atoms with Gasteiger partial charge < -0.3 is 10.6 Å². The van der Waals surface area contributed by atoms with Gasteiger partial charge in [-0.1, -0.05) is 36.3 Å². The second-order valence-corrected chi connectivity index (χ2v) is 6.23. The molecule has 3 atom stereocenters. The van der Waals surface area contributed by atoms with Crippen LogP contribution in [0.2, 0.25) is 0 Å². The largest absolute Gasteiger partial charge is 0.386 e. The Hall–Kier alpha value is -1.28. The number of benzene rings is 1. The molecule has 1 fully saturated rings. The smallest absolute Gasteiger partial charge is 0.0530 e. The van der Waals surface area contributed by atoms with Crippen LogP contribution in [0.4, 0.5) is 0 Å². The van der Waals surface area contributed by atoms with Crippen molar-refractivity contribution >= 4 is 0 Å². The summed E-state index contributed by atoms with van der Waals surface area (Å²) >= 11 is 0. The highest BCUT2D eigenvalue weighted by Gasteiger charge is 2.34. The average Bonchev–Trinajstić information content (AvgIpc) is 2.91. The lowest BCUT2D eigenvalue weighted by molar-refractivity contribution is 0.306. The van der Waals surface area contributed by atoms with Gasteiger partial charge in [0.25, 0.3) is 0 Å². The highest BCUT2D eigenvalue weighted by molar-refractivity contribution is 5.35.